The van der Waals surface area contributed by atoms with Crippen LogP contribution in [0.25, 0.3) is 11.1 Å². The van der Waals surface area contributed by atoms with Crippen molar-refractivity contribution in [2.75, 3.05) is 13.7 Å². The number of nitrogens with two attached hydrogens (primary N) is 2. The van der Waals surface area contributed by atoms with Crippen molar-refractivity contribution in [2.45, 2.75) is 164 Å². The number of carbonyl (C=O) groups excluding carboxylic acids is 6. The molecule has 7 aliphatic heterocycles. The summed E-state index contributed by atoms with van der Waals surface area (Å²) >= 11 is 20.7. The van der Waals surface area contributed by atoms with Gasteiger partial charge >= 0.3 is 0 Å². The number of phenols is 3. The lowest BCUT2D eigenvalue weighted by molar-refractivity contribution is -0.333. The van der Waals surface area contributed by atoms with Gasteiger partial charge in [0, 0.05) is 65.7 Å². The van der Waals surface area contributed by atoms with Crippen LogP contribution in [0, 0.1) is 17.8 Å². The molecule has 5 aromatic rings. The van der Waals surface area contributed by atoms with E-state index in [9.17, 15) is 65.1 Å². The summed E-state index contributed by atoms with van der Waals surface area (Å²) in [5.41, 5.74) is 11.0. The fourth-order valence-corrected chi connectivity index (χ4v) is 13.9. The van der Waals surface area contributed by atoms with Crippen LogP contribution in [0.5, 0.6) is 46.0 Å². The maximum absolute atomic E-state index is 15.6. The van der Waals surface area contributed by atoms with E-state index in [-0.39, 0.29) is 84.1 Å². The maximum atomic E-state index is 15.6. The molecular weight excluding hydrogens is 1340 g/mol. The van der Waals surface area contributed by atoms with Crippen LogP contribution in [-0.4, -0.2) is 166 Å². The second kappa shape index (κ2) is 30.0. The molecule has 0 spiro atoms. The molecule has 17 atom stereocenters. The Bertz CT molecular complexity index is 3920. The first-order valence-electron chi connectivity index (χ1n) is 31.7. The number of likely N-dealkylation sites (N-methyl/N-ethyl adjacent to an activating group) is 1. The van der Waals surface area contributed by atoms with Gasteiger partial charge in [0.2, 0.25) is 35.7 Å². The number of ketones is 2. The van der Waals surface area contributed by atoms with Crippen molar-refractivity contribution in [1.82, 2.24) is 21.3 Å². The van der Waals surface area contributed by atoms with Gasteiger partial charge in [-0.3, -0.25) is 28.8 Å². The molecule has 0 aromatic heterocycles. The zero-order valence-corrected chi connectivity index (χ0v) is 56.0. The predicted octanol–water partition coefficient (Wildman–Crippen LogP) is 4.35. The van der Waals surface area contributed by atoms with Crippen molar-refractivity contribution in [3.05, 3.63) is 117 Å². The zero-order valence-electron chi connectivity index (χ0n) is 53.7. The number of carbonyl (C=O) groups is 6. The Morgan fingerprint density at radius 1 is 0.786 bits per heavy atom. The Kier molecular flexibility index (Phi) is 22.4. The van der Waals surface area contributed by atoms with Crippen LogP contribution in [0.4, 0.5) is 0 Å². The highest BCUT2D eigenvalue weighted by Gasteiger charge is 2.51. The number of rotatable bonds is 12. The molecule has 17 N–H and O–H groups in total. The highest BCUT2D eigenvalue weighted by Crippen LogP contribution is 2.50. The fourth-order valence-electron chi connectivity index (χ4n) is 13.0. The lowest BCUT2D eigenvalue weighted by atomic mass is 9.80. The van der Waals surface area contributed by atoms with Gasteiger partial charge in [0.15, 0.2) is 29.7 Å². The van der Waals surface area contributed by atoms with Crippen LogP contribution in [0.15, 0.2) is 78.9 Å². The number of primary amides is 1. The SMILES string of the molecule is CN[C@H](CC(C)C)C(=O)N[C@H]1C(=O)C[C@@H](CC(N)=O)C(=O)N[C@H]2C(=S)C[C@@H]3C(=O)C[C@H](C(=O)NCc4cc(O)cc(O)c4-c4cc3ccc4O)[C@H](O)c3ccc(c(Cl)c3)Oc3cc2cc(c3OC2OC(CO)C(O)[C@H](O)[C@H]2O[C@H]2CC(C)(N)[C@H](O)[C@H](C)O2)Oc2ccc(cc2Cl)[C@H]1O. The Morgan fingerprint density at radius 2 is 1.43 bits per heavy atom. The van der Waals surface area contributed by atoms with Crippen molar-refractivity contribution in [2.24, 2.45) is 29.2 Å². The summed E-state index contributed by atoms with van der Waals surface area (Å²) in [7, 11) is 1.53. The lowest BCUT2D eigenvalue weighted by Gasteiger charge is -2.47. The molecule has 30 heteroatoms. The lowest BCUT2D eigenvalue weighted by Crippen LogP contribution is -2.64. The first-order chi connectivity index (χ1) is 46.3. The molecule has 27 nitrogen and oxygen atoms in total. The van der Waals surface area contributed by atoms with E-state index in [1.54, 1.807) is 6.92 Å². The van der Waals surface area contributed by atoms with Crippen LogP contribution >= 0.6 is 35.4 Å². The van der Waals surface area contributed by atoms with Crippen LogP contribution in [-0.2, 0) is 49.5 Å². The van der Waals surface area contributed by atoms with Gasteiger partial charge in [-0.25, -0.2) is 0 Å². The number of aliphatic hydroxyl groups excluding tert-OH is 6. The predicted molar refractivity (Wildman–Crippen MR) is 354 cm³/mol. The third-order valence-corrected chi connectivity index (χ3v) is 19.3. The van der Waals surface area contributed by atoms with Gasteiger partial charge < -0.3 is 107 Å². The summed E-state index contributed by atoms with van der Waals surface area (Å²) in [4.78, 5) is 87.8. The summed E-state index contributed by atoms with van der Waals surface area (Å²) in [6.45, 7) is 5.50. The quantitative estimate of drug-likeness (QED) is 0.0772. The minimum Gasteiger partial charge on any atom is -0.508 e. The Balaban J connectivity index is 1.23. The molecule has 0 aliphatic carbocycles. The summed E-state index contributed by atoms with van der Waals surface area (Å²) in [6, 6.07) is 12.1. The first-order valence-corrected chi connectivity index (χ1v) is 32.9. The Labute approximate surface area is 577 Å². The van der Waals surface area contributed by atoms with Crippen molar-refractivity contribution in [3.63, 3.8) is 0 Å². The molecule has 7 aliphatic rings. The van der Waals surface area contributed by atoms with E-state index in [0.29, 0.717) is 0 Å². The summed E-state index contributed by atoms with van der Waals surface area (Å²) in [6.07, 6.45) is -19.2. The molecule has 2 saturated heterocycles. The molecule has 2 fully saturated rings. The summed E-state index contributed by atoms with van der Waals surface area (Å²) < 4.78 is 38.8. The molecule has 98 heavy (non-hydrogen) atoms. The van der Waals surface area contributed by atoms with E-state index in [0.717, 1.165) is 6.07 Å². The van der Waals surface area contributed by atoms with Gasteiger partial charge in [0.25, 0.3) is 0 Å². The van der Waals surface area contributed by atoms with E-state index in [1.807, 2.05) is 13.8 Å². The van der Waals surface area contributed by atoms with Crippen LogP contribution in [0.3, 0.4) is 0 Å². The summed E-state index contributed by atoms with van der Waals surface area (Å²) in [5, 5.41) is 114. The molecule has 12 rings (SSSR count). The summed E-state index contributed by atoms with van der Waals surface area (Å²) in [5.74, 6) is -13.5. The average molecular weight is 1420 g/mol. The van der Waals surface area contributed by atoms with Gasteiger partial charge in [-0.2, -0.15) is 0 Å². The first kappa shape index (κ1) is 73.1. The number of aliphatic hydroxyl groups is 6. The van der Waals surface area contributed by atoms with Gasteiger partial charge in [0.1, 0.15) is 65.0 Å². The number of ether oxygens (including phenoxy) is 6. The third-order valence-electron chi connectivity index (χ3n) is 18.3. The second-order valence-corrected chi connectivity index (χ2v) is 27.4. The van der Waals surface area contributed by atoms with Crippen molar-refractivity contribution >= 4 is 75.5 Å². The van der Waals surface area contributed by atoms with Crippen molar-refractivity contribution in [1.29, 1.82) is 0 Å². The third kappa shape index (κ3) is 15.7. The molecule has 526 valence electrons. The Morgan fingerprint density at radius 3 is 2.03 bits per heavy atom. The van der Waals surface area contributed by atoms with Crippen molar-refractivity contribution < 1.29 is 103 Å². The second-order valence-electron chi connectivity index (χ2n) is 26.1. The maximum Gasteiger partial charge on any atom is 0.237 e. The fraction of sp³-hybridized carbons (Fsp3) is 0.456. The van der Waals surface area contributed by atoms with E-state index in [1.165, 1.54) is 86.8 Å². The normalized spacial score (nSPS) is 29.5. The highest BCUT2D eigenvalue weighted by atomic mass is 35.5. The molecule has 5 aromatic carbocycles. The minimum absolute atomic E-state index is 0.0120. The zero-order chi connectivity index (χ0) is 71.1. The standard InChI is InChI=1S/C68H78Cl2N6O21S/c1-27(2)12-41(73-5)66(91)76-56-45(82)17-33(20-52(71)83)64(89)75-55-32-18-48(61(49(19-32)94-47-11-8-31(58(56)85)16-40(47)70)97-67-62(60(87)59(86)50(26-77)95-67)96-53-24-68(4,72)63(88)28(3)92-53)93-46-10-7-30(15-39(46)69)57(84)38-22-43(80)36(23-51(55)98)29-6-9-42(79)37(14-29)54-34(25-74-65(38)90)13-35(78)21-44(54)81/h6-11,13-16,18-19,21,27-28,33,36,38,41,50,53,55-60,62-63,67,73,77-79,81,84-88H,12,17,20,22-26,72H2,1-5H3,(H2,71,83)(H,74,90)(H,75,89)(H,76,91)/t28-,33-,36-,38-,41+,50?,53-,55+,56-,57+,58+,59?,60-,62+,63+,67?,68?/m0/s1. The van der Waals surface area contributed by atoms with Crippen LogP contribution in [0.1, 0.15) is 118 Å². The van der Waals surface area contributed by atoms with E-state index in [4.69, 9.17) is 75.3 Å². The van der Waals surface area contributed by atoms with Crippen molar-refractivity contribution in [3.8, 4) is 57.1 Å². The van der Waals surface area contributed by atoms with Gasteiger partial charge in [-0.15, -0.1) is 0 Å². The number of phenolic OH excluding ortho intramolecular Hbond substituents is 3. The van der Waals surface area contributed by atoms with E-state index in [2.05, 4.69) is 21.3 Å². The molecule has 11 bridgehead atoms. The monoisotopic (exact) mass is 1420 g/mol. The molecule has 0 radical (unpaired) electrons. The molecule has 4 amide bonds. The van der Waals surface area contributed by atoms with E-state index < -0.39 is 211 Å². The number of hydrogen-bond donors (Lipinski definition) is 15. The van der Waals surface area contributed by atoms with Crippen LogP contribution in [0.2, 0.25) is 10.0 Å². The number of amides is 4. The van der Waals surface area contributed by atoms with E-state index >= 15 is 9.59 Å². The minimum atomic E-state index is -1.95. The number of nitrogens with one attached hydrogen (secondary N) is 4. The largest absolute Gasteiger partial charge is 0.508 e. The number of fused-ring (bicyclic) bond motifs is 15. The highest BCUT2D eigenvalue weighted by molar-refractivity contribution is 7.80. The van der Waals surface area contributed by atoms with Gasteiger partial charge in [0.05, 0.1) is 58.9 Å². The Hall–Kier alpha value is -7.65. The number of thiocarbonyl (C=S) groups is 1. The number of Topliss-reactive ketones (excluding diaryl/α,β-unsaturated/α-hetero) is 2. The molecule has 4 unspecified atom stereocenters. The topological polar surface area (TPSA) is 440 Å². The molecule has 7 heterocycles. The molecule has 0 saturated carbocycles. The number of aromatic hydroxyl groups is 3. The van der Waals surface area contributed by atoms with Crippen LogP contribution < -0.4 is 46.9 Å². The van der Waals surface area contributed by atoms with Gasteiger partial charge in [-0.05, 0) is 122 Å². The number of benzene rings is 5. The number of halogens is 2. The molecular formula is C68H78Cl2N6O21S. The van der Waals surface area contributed by atoms with Gasteiger partial charge in [-0.1, -0.05) is 67.5 Å². The average Bonchev–Trinajstić information content (AvgIpc) is 0.777. The number of hydrogen-bond acceptors (Lipinski definition) is 24. The smallest absolute Gasteiger partial charge is 0.237 e.